The van der Waals surface area contributed by atoms with E-state index in [0.29, 0.717) is 12.2 Å². The maximum absolute atomic E-state index is 11.5. The summed E-state index contributed by atoms with van der Waals surface area (Å²) in [5.41, 5.74) is 4.71. The molecule has 1 heterocycles. The van der Waals surface area contributed by atoms with E-state index in [1.807, 2.05) is 13.8 Å². The first kappa shape index (κ1) is 13.6. The van der Waals surface area contributed by atoms with Gasteiger partial charge in [-0.2, -0.15) is 0 Å². The molecule has 0 amide bonds. The number of carbonyl (C=O) groups is 1. The van der Waals surface area contributed by atoms with E-state index in [4.69, 9.17) is 5.73 Å². The predicted octanol–water partition coefficient (Wildman–Crippen LogP) is 1.09. The molecular weight excluding hydrogens is 218 g/mol. The highest BCUT2D eigenvalue weighted by Gasteiger charge is 2.38. The van der Waals surface area contributed by atoms with Crippen molar-refractivity contribution in [1.29, 1.82) is 0 Å². The molecule has 0 aromatic carbocycles. The Kier molecular flexibility index (Phi) is 4.57. The van der Waals surface area contributed by atoms with Crippen LogP contribution < -0.4 is 5.73 Å². The molecule has 0 spiro atoms. The second kappa shape index (κ2) is 5.72. The van der Waals surface area contributed by atoms with Gasteiger partial charge in [0, 0.05) is 25.4 Å². The average Bonchev–Trinajstić information content (AvgIpc) is 2.28. The van der Waals surface area contributed by atoms with Gasteiger partial charge in [0.1, 0.15) is 5.82 Å². The summed E-state index contributed by atoms with van der Waals surface area (Å²) < 4.78 is 0. The van der Waals surface area contributed by atoms with Crippen molar-refractivity contribution in [3.63, 3.8) is 0 Å². The molecular formula is C12H19N3O2. The number of nitrogens with two attached hydrogens (primary N) is 1. The molecule has 0 saturated heterocycles. The van der Waals surface area contributed by atoms with Crippen molar-refractivity contribution in [1.82, 2.24) is 9.97 Å². The van der Waals surface area contributed by atoms with Gasteiger partial charge in [0.2, 0.25) is 0 Å². The third kappa shape index (κ3) is 3.49. The van der Waals surface area contributed by atoms with Gasteiger partial charge in [-0.15, -0.1) is 0 Å². The molecule has 17 heavy (non-hydrogen) atoms. The topological polar surface area (TPSA) is 89.1 Å². The number of carboxylic acid groups (broad SMARTS) is 1. The minimum absolute atomic E-state index is 0.0960. The lowest BCUT2D eigenvalue weighted by Gasteiger charge is -2.28. The number of hydrogen-bond donors (Lipinski definition) is 2. The summed E-state index contributed by atoms with van der Waals surface area (Å²) in [6.45, 7) is 4.07. The van der Waals surface area contributed by atoms with Crippen LogP contribution in [0, 0.1) is 11.3 Å². The Labute approximate surface area is 101 Å². The van der Waals surface area contributed by atoms with Crippen molar-refractivity contribution in [2.24, 2.45) is 17.1 Å². The number of aliphatic carboxylic acids is 1. The van der Waals surface area contributed by atoms with Crippen LogP contribution in [0.3, 0.4) is 0 Å². The minimum atomic E-state index is -0.963. The fourth-order valence-electron chi connectivity index (χ4n) is 1.98. The largest absolute Gasteiger partial charge is 0.481 e. The van der Waals surface area contributed by atoms with Crippen LogP contribution in [-0.4, -0.2) is 27.6 Å². The molecule has 0 saturated carbocycles. The van der Waals surface area contributed by atoms with Gasteiger partial charge >= 0.3 is 5.97 Å². The summed E-state index contributed by atoms with van der Waals surface area (Å²) >= 11 is 0. The first-order valence-electron chi connectivity index (χ1n) is 5.69. The van der Waals surface area contributed by atoms with Crippen LogP contribution in [0.1, 0.15) is 26.1 Å². The third-order valence-electron chi connectivity index (χ3n) is 2.76. The van der Waals surface area contributed by atoms with Crippen molar-refractivity contribution >= 4 is 5.97 Å². The fraction of sp³-hybridized carbons (Fsp3) is 0.583. The van der Waals surface area contributed by atoms with Gasteiger partial charge in [0.15, 0.2) is 0 Å². The molecule has 5 nitrogen and oxygen atoms in total. The highest BCUT2D eigenvalue weighted by molar-refractivity contribution is 5.75. The molecule has 0 fully saturated rings. The van der Waals surface area contributed by atoms with Crippen LogP contribution in [0.2, 0.25) is 0 Å². The Balaban J connectivity index is 2.94. The van der Waals surface area contributed by atoms with Crippen molar-refractivity contribution in [2.45, 2.75) is 26.7 Å². The highest BCUT2D eigenvalue weighted by atomic mass is 16.4. The summed E-state index contributed by atoms with van der Waals surface area (Å²) in [6.07, 6.45) is 4.02. The SMILES string of the molecule is CC(C)CC(CN)(Cc1ncccn1)C(=O)O. The Morgan fingerprint density at radius 1 is 1.47 bits per heavy atom. The molecule has 0 aliphatic heterocycles. The van der Waals surface area contributed by atoms with E-state index >= 15 is 0 Å². The Hall–Kier alpha value is -1.49. The quantitative estimate of drug-likeness (QED) is 0.773. The molecule has 1 atom stereocenters. The Morgan fingerprint density at radius 2 is 2.06 bits per heavy atom. The smallest absolute Gasteiger partial charge is 0.311 e. The molecule has 1 rings (SSSR count). The zero-order valence-corrected chi connectivity index (χ0v) is 10.3. The monoisotopic (exact) mass is 237 g/mol. The molecule has 1 aromatic rings. The number of rotatable bonds is 6. The first-order chi connectivity index (χ1) is 8.00. The normalized spacial score (nSPS) is 14.6. The summed E-state index contributed by atoms with van der Waals surface area (Å²) in [7, 11) is 0. The van der Waals surface area contributed by atoms with Gasteiger partial charge in [0.05, 0.1) is 5.41 Å². The van der Waals surface area contributed by atoms with Crippen molar-refractivity contribution in [3.8, 4) is 0 Å². The zero-order chi connectivity index (χ0) is 12.9. The Bertz CT molecular complexity index is 367. The van der Waals surface area contributed by atoms with Gasteiger partial charge in [-0.3, -0.25) is 4.79 Å². The van der Waals surface area contributed by atoms with E-state index in [2.05, 4.69) is 9.97 Å². The van der Waals surface area contributed by atoms with E-state index in [0.717, 1.165) is 0 Å². The molecule has 1 aromatic heterocycles. The number of carboxylic acids is 1. The van der Waals surface area contributed by atoms with Gasteiger partial charge in [-0.05, 0) is 18.4 Å². The second-order valence-electron chi connectivity index (χ2n) is 4.73. The van der Waals surface area contributed by atoms with Gasteiger partial charge in [-0.1, -0.05) is 13.8 Å². The van der Waals surface area contributed by atoms with E-state index < -0.39 is 11.4 Å². The first-order valence-corrected chi connectivity index (χ1v) is 5.69. The third-order valence-corrected chi connectivity index (χ3v) is 2.76. The lowest BCUT2D eigenvalue weighted by Crippen LogP contribution is -2.42. The molecule has 1 unspecified atom stereocenters. The van der Waals surface area contributed by atoms with E-state index in [1.54, 1.807) is 18.5 Å². The van der Waals surface area contributed by atoms with Crippen LogP contribution in [0.5, 0.6) is 0 Å². The predicted molar refractivity (Wildman–Crippen MR) is 64.3 cm³/mol. The van der Waals surface area contributed by atoms with E-state index in [9.17, 15) is 9.90 Å². The maximum atomic E-state index is 11.5. The van der Waals surface area contributed by atoms with Gasteiger partial charge < -0.3 is 10.8 Å². The molecule has 94 valence electrons. The molecule has 0 aliphatic carbocycles. The van der Waals surface area contributed by atoms with Crippen LogP contribution in [0.25, 0.3) is 0 Å². The van der Waals surface area contributed by atoms with Crippen molar-refractivity contribution < 1.29 is 9.90 Å². The summed E-state index contributed by atoms with van der Waals surface area (Å²) in [4.78, 5) is 19.6. The standard InChI is InChI=1S/C12H19N3O2/c1-9(2)6-12(8-13,11(16)17)7-10-14-4-3-5-15-10/h3-5,9H,6-8,13H2,1-2H3,(H,16,17). The number of aromatic nitrogens is 2. The average molecular weight is 237 g/mol. The second-order valence-corrected chi connectivity index (χ2v) is 4.73. The van der Waals surface area contributed by atoms with Gasteiger partial charge in [0.25, 0.3) is 0 Å². The van der Waals surface area contributed by atoms with E-state index in [-0.39, 0.29) is 18.9 Å². The Morgan fingerprint density at radius 3 is 2.47 bits per heavy atom. The van der Waals surface area contributed by atoms with E-state index in [1.165, 1.54) is 0 Å². The van der Waals surface area contributed by atoms with Crippen LogP contribution in [0.15, 0.2) is 18.5 Å². The maximum Gasteiger partial charge on any atom is 0.311 e. The molecule has 0 radical (unpaired) electrons. The lowest BCUT2D eigenvalue weighted by atomic mass is 9.77. The molecule has 3 N–H and O–H groups in total. The number of hydrogen-bond acceptors (Lipinski definition) is 4. The summed E-state index contributed by atoms with van der Waals surface area (Å²) in [5.74, 6) is -0.0829. The highest BCUT2D eigenvalue weighted by Crippen LogP contribution is 2.29. The van der Waals surface area contributed by atoms with Gasteiger partial charge in [-0.25, -0.2) is 9.97 Å². The summed E-state index contributed by atoms with van der Waals surface area (Å²) in [6, 6.07) is 1.71. The van der Waals surface area contributed by atoms with Crippen LogP contribution >= 0.6 is 0 Å². The number of nitrogens with zero attached hydrogens (tertiary/aromatic N) is 2. The molecule has 0 bridgehead atoms. The zero-order valence-electron chi connectivity index (χ0n) is 10.3. The van der Waals surface area contributed by atoms with Crippen molar-refractivity contribution in [3.05, 3.63) is 24.3 Å². The minimum Gasteiger partial charge on any atom is -0.481 e. The fourth-order valence-corrected chi connectivity index (χ4v) is 1.98. The lowest BCUT2D eigenvalue weighted by molar-refractivity contribution is -0.149. The van der Waals surface area contributed by atoms with Crippen molar-refractivity contribution in [2.75, 3.05) is 6.54 Å². The molecule has 5 heteroatoms. The molecule has 0 aliphatic rings. The van der Waals surface area contributed by atoms with Crippen LogP contribution in [0.4, 0.5) is 0 Å². The van der Waals surface area contributed by atoms with Crippen LogP contribution in [-0.2, 0) is 11.2 Å². The summed E-state index contributed by atoms with van der Waals surface area (Å²) in [5, 5.41) is 9.40.